The second-order valence-electron chi connectivity index (χ2n) is 2.61. The Bertz CT molecular complexity index is 104. The molecule has 1 saturated heterocycles. The van der Waals surface area contributed by atoms with Crippen LogP contribution in [0.15, 0.2) is 0 Å². The molecule has 0 aromatic carbocycles. The van der Waals surface area contributed by atoms with Crippen LogP contribution in [0.3, 0.4) is 0 Å². The normalized spacial score (nSPS) is 27.3. The topological polar surface area (TPSA) is 49.7 Å². The summed E-state index contributed by atoms with van der Waals surface area (Å²) in [6.07, 6.45) is 1.60. The highest BCUT2D eigenvalue weighted by atomic mass is 32.2. The van der Waals surface area contributed by atoms with E-state index in [4.69, 9.17) is 14.9 Å². The van der Waals surface area contributed by atoms with Crippen LogP contribution in [-0.4, -0.2) is 40.7 Å². The summed E-state index contributed by atoms with van der Waals surface area (Å²) < 4.78 is 5.32. The Morgan fingerprint density at radius 3 is 3.00 bits per heavy atom. The van der Waals surface area contributed by atoms with Crippen molar-refractivity contribution in [3.8, 4) is 0 Å². The summed E-state index contributed by atoms with van der Waals surface area (Å²) in [6, 6.07) is 0. The van der Waals surface area contributed by atoms with Crippen molar-refractivity contribution in [3.05, 3.63) is 0 Å². The van der Waals surface area contributed by atoms with Gasteiger partial charge in [-0.2, -0.15) is 0 Å². The molecule has 0 aromatic heterocycles. The van der Waals surface area contributed by atoms with Crippen LogP contribution in [0.25, 0.3) is 0 Å². The molecular weight excluding hydrogens is 164 g/mol. The van der Waals surface area contributed by atoms with Crippen molar-refractivity contribution in [3.63, 3.8) is 0 Å². The molecule has 11 heavy (non-hydrogen) atoms. The minimum Gasteiger partial charge on any atom is -0.394 e. The number of thioether (sulfide) groups is 1. The van der Waals surface area contributed by atoms with Crippen LogP contribution < -0.4 is 0 Å². The summed E-state index contributed by atoms with van der Waals surface area (Å²) in [5.41, 5.74) is 0.246. The van der Waals surface area contributed by atoms with Gasteiger partial charge in [0, 0.05) is 12.4 Å². The first-order valence-electron chi connectivity index (χ1n) is 3.85. The van der Waals surface area contributed by atoms with E-state index >= 15 is 0 Å². The molecule has 0 amide bonds. The number of aliphatic hydroxyl groups is 2. The van der Waals surface area contributed by atoms with E-state index in [0.717, 1.165) is 19.4 Å². The summed E-state index contributed by atoms with van der Waals surface area (Å²) in [6.45, 7) is 0.687. The van der Waals surface area contributed by atoms with Gasteiger partial charge in [0.2, 0.25) is 0 Å². The van der Waals surface area contributed by atoms with Crippen molar-refractivity contribution in [1.29, 1.82) is 0 Å². The largest absolute Gasteiger partial charge is 0.394 e. The SMILES string of the molecule is OCC(O)CSC1CCCO1. The molecule has 0 aliphatic carbocycles. The Kier molecular flexibility index (Phi) is 4.22. The molecule has 2 N–H and O–H groups in total. The van der Waals surface area contributed by atoms with Crippen LogP contribution in [0, 0.1) is 0 Å². The van der Waals surface area contributed by atoms with Crippen molar-refractivity contribution >= 4 is 11.8 Å². The molecule has 1 aliphatic rings. The van der Waals surface area contributed by atoms with E-state index in [1.54, 1.807) is 11.8 Å². The van der Waals surface area contributed by atoms with Crippen LogP contribution in [0.2, 0.25) is 0 Å². The third-order valence-corrected chi connectivity index (χ3v) is 2.89. The monoisotopic (exact) mass is 178 g/mol. The second kappa shape index (κ2) is 4.98. The van der Waals surface area contributed by atoms with Crippen molar-refractivity contribution in [2.75, 3.05) is 19.0 Å². The quantitative estimate of drug-likeness (QED) is 0.646. The van der Waals surface area contributed by atoms with E-state index in [2.05, 4.69) is 0 Å². The van der Waals surface area contributed by atoms with Crippen LogP contribution in [0.5, 0.6) is 0 Å². The first-order valence-corrected chi connectivity index (χ1v) is 4.90. The lowest BCUT2D eigenvalue weighted by Crippen LogP contribution is -2.17. The highest BCUT2D eigenvalue weighted by Gasteiger charge is 2.16. The van der Waals surface area contributed by atoms with E-state index in [1.165, 1.54) is 0 Å². The minimum atomic E-state index is -0.593. The first kappa shape index (κ1) is 9.32. The van der Waals surface area contributed by atoms with E-state index < -0.39 is 6.10 Å². The van der Waals surface area contributed by atoms with Gasteiger partial charge in [0.25, 0.3) is 0 Å². The maximum absolute atomic E-state index is 8.99. The number of aliphatic hydroxyl groups excluding tert-OH is 2. The lowest BCUT2D eigenvalue weighted by molar-refractivity contribution is 0.112. The molecule has 66 valence electrons. The number of rotatable bonds is 4. The summed E-state index contributed by atoms with van der Waals surface area (Å²) in [4.78, 5) is 0. The van der Waals surface area contributed by atoms with Crippen molar-refractivity contribution in [1.82, 2.24) is 0 Å². The molecule has 1 rings (SSSR count). The fourth-order valence-electron chi connectivity index (χ4n) is 0.951. The fraction of sp³-hybridized carbons (Fsp3) is 1.00. The van der Waals surface area contributed by atoms with Crippen LogP contribution in [0.4, 0.5) is 0 Å². The molecule has 0 spiro atoms. The molecule has 1 fully saturated rings. The van der Waals surface area contributed by atoms with Crippen LogP contribution in [0.1, 0.15) is 12.8 Å². The number of hydrogen-bond acceptors (Lipinski definition) is 4. The molecule has 1 aliphatic heterocycles. The second-order valence-corrected chi connectivity index (χ2v) is 3.80. The standard InChI is InChI=1S/C7H14O3S/c8-4-6(9)5-11-7-2-1-3-10-7/h6-9H,1-5H2. The Labute approximate surface area is 70.7 Å². The molecule has 0 saturated carbocycles. The van der Waals surface area contributed by atoms with Gasteiger partial charge in [0.05, 0.1) is 12.7 Å². The summed E-state index contributed by atoms with van der Waals surface area (Å²) >= 11 is 1.58. The van der Waals surface area contributed by atoms with Gasteiger partial charge in [0.15, 0.2) is 0 Å². The van der Waals surface area contributed by atoms with Gasteiger partial charge in [-0.15, -0.1) is 11.8 Å². The zero-order valence-electron chi connectivity index (χ0n) is 6.40. The maximum atomic E-state index is 8.99. The average Bonchev–Trinajstić information content (AvgIpc) is 2.52. The molecule has 4 heteroatoms. The molecule has 0 bridgehead atoms. The fourth-order valence-corrected chi connectivity index (χ4v) is 2.02. The Morgan fingerprint density at radius 2 is 2.45 bits per heavy atom. The molecule has 2 atom stereocenters. The van der Waals surface area contributed by atoms with Crippen molar-refractivity contribution < 1.29 is 14.9 Å². The molecule has 2 unspecified atom stereocenters. The minimum absolute atomic E-state index is 0.153. The number of ether oxygens (including phenoxy) is 1. The van der Waals surface area contributed by atoms with E-state index in [1.807, 2.05) is 0 Å². The van der Waals surface area contributed by atoms with E-state index in [-0.39, 0.29) is 12.0 Å². The smallest absolute Gasteiger partial charge is 0.103 e. The molecule has 3 nitrogen and oxygen atoms in total. The van der Waals surface area contributed by atoms with Crippen LogP contribution in [-0.2, 0) is 4.74 Å². The average molecular weight is 178 g/mol. The highest BCUT2D eigenvalue weighted by molar-refractivity contribution is 7.99. The lowest BCUT2D eigenvalue weighted by Gasteiger charge is -2.10. The Hall–Kier alpha value is 0.230. The zero-order valence-corrected chi connectivity index (χ0v) is 7.22. The van der Waals surface area contributed by atoms with Crippen LogP contribution >= 0.6 is 11.8 Å². The highest BCUT2D eigenvalue weighted by Crippen LogP contribution is 2.23. The predicted octanol–water partition coefficient (Wildman–Crippen LogP) is 0.209. The third-order valence-electron chi connectivity index (χ3n) is 1.57. The molecule has 1 heterocycles. The van der Waals surface area contributed by atoms with Gasteiger partial charge in [-0.25, -0.2) is 0 Å². The number of hydrogen-bond donors (Lipinski definition) is 2. The summed E-state index contributed by atoms with van der Waals surface area (Å²) in [5.74, 6) is 0.571. The van der Waals surface area contributed by atoms with Gasteiger partial charge in [0.1, 0.15) is 5.44 Å². The van der Waals surface area contributed by atoms with Gasteiger partial charge in [-0.05, 0) is 12.8 Å². The van der Waals surface area contributed by atoms with E-state index in [0.29, 0.717) is 5.75 Å². The van der Waals surface area contributed by atoms with Gasteiger partial charge in [-0.1, -0.05) is 0 Å². The summed E-state index contributed by atoms with van der Waals surface area (Å²) in [7, 11) is 0. The molecule has 0 radical (unpaired) electrons. The Morgan fingerprint density at radius 1 is 1.64 bits per heavy atom. The van der Waals surface area contributed by atoms with Crippen molar-refractivity contribution in [2.45, 2.75) is 24.4 Å². The van der Waals surface area contributed by atoms with E-state index in [9.17, 15) is 0 Å². The third kappa shape index (κ3) is 3.42. The zero-order chi connectivity index (χ0) is 8.10. The molecule has 0 aromatic rings. The van der Waals surface area contributed by atoms with Gasteiger partial charge < -0.3 is 14.9 Å². The first-order chi connectivity index (χ1) is 5.33. The lowest BCUT2D eigenvalue weighted by atomic mass is 10.4. The van der Waals surface area contributed by atoms with Gasteiger partial charge >= 0.3 is 0 Å². The Balaban J connectivity index is 2.01. The van der Waals surface area contributed by atoms with Crippen molar-refractivity contribution in [2.24, 2.45) is 0 Å². The summed E-state index contributed by atoms with van der Waals surface area (Å²) in [5, 5.41) is 17.5. The molecular formula is C7H14O3S. The predicted molar refractivity (Wildman–Crippen MR) is 44.5 cm³/mol. The van der Waals surface area contributed by atoms with Gasteiger partial charge in [-0.3, -0.25) is 0 Å². The maximum Gasteiger partial charge on any atom is 0.103 e.